The summed E-state index contributed by atoms with van der Waals surface area (Å²) >= 11 is 0. The molecule has 0 aliphatic heterocycles. The van der Waals surface area contributed by atoms with Crippen LogP contribution >= 0.6 is 0 Å². The van der Waals surface area contributed by atoms with Gasteiger partial charge in [0, 0.05) is 19.3 Å². The first-order valence-corrected chi connectivity index (χ1v) is 26.6. The largest absolute Gasteiger partial charge is 0.462 e. The monoisotopic (exact) mass is 869 g/mol. The van der Waals surface area contributed by atoms with Gasteiger partial charge in [-0.1, -0.05) is 204 Å². The van der Waals surface area contributed by atoms with Crippen LogP contribution in [0.15, 0.2) is 48.6 Å². The molecule has 0 fully saturated rings. The zero-order valence-electron chi connectivity index (χ0n) is 41.1. The third kappa shape index (κ3) is 48.4. The standard InChI is InChI=1S/C56H100O6/c1-4-7-10-13-16-19-22-25-28-31-34-37-40-43-46-49-55(58)61-52-53(51-60-54(57)48-45-42-39-36-33-30-27-24-21-18-15-12-9-6-3)62-56(59)50-47-44-41-38-35-32-29-26-23-20-17-14-11-8-5-2/h15,18-20,22-24,27,53H,4-14,16-17,21,25-26,28-52H2,1-3H3/b18-15+,22-19+,23-20+,27-24+/t53-/m1/s1. The minimum absolute atomic E-state index is 0.0807. The van der Waals surface area contributed by atoms with Gasteiger partial charge in [-0.3, -0.25) is 14.4 Å². The first-order valence-electron chi connectivity index (χ1n) is 26.6. The molecular formula is C56H100O6. The lowest BCUT2D eigenvalue weighted by Crippen LogP contribution is -2.30. The van der Waals surface area contributed by atoms with Gasteiger partial charge in [0.25, 0.3) is 0 Å². The van der Waals surface area contributed by atoms with Crippen molar-refractivity contribution in [3.63, 3.8) is 0 Å². The Labute approximate surface area is 384 Å². The molecule has 0 rings (SSSR count). The molecule has 0 aromatic rings. The molecule has 0 aliphatic rings. The average Bonchev–Trinajstić information content (AvgIpc) is 3.27. The molecule has 0 unspecified atom stereocenters. The Morgan fingerprint density at radius 2 is 0.597 bits per heavy atom. The minimum Gasteiger partial charge on any atom is -0.462 e. The Kier molecular flexibility index (Phi) is 48.8. The van der Waals surface area contributed by atoms with Gasteiger partial charge in [0.1, 0.15) is 13.2 Å². The van der Waals surface area contributed by atoms with Gasteiger partial charge in [0.2, 0.25) is 0 Å². The number of carbonyl (C=O) groups is 3. The third-order valence-electron chi connectivity index (χ3n) is 11.5. The minimum atomic E-state index is -0.781. The second kappa shape index (κ2) is 51.0. The van der Waals surface area contributed by atoms with Gasteiger partial charge in [0.05, 0.1) is 0 Å². The van der Waals surface area contributed by atoms with Crippen LogP contribution in [-0.2, 0) is 28.6 Å². The van der Waals surface area contributed by atoms with Crippen molar-refractivity contribution < 1.29 is 28.6 Å². The van der Waals surface area contributed by atoms with Crippen LogP contribution in [0.25, 0.3) is 0 Å². The molecule has 0 radical (unpaired) electrons. The van der Waals surface area contributed by atoms with E-state index >= 15 is 0 Å². The molecule has 6 nitrogen and oxygen atoms in total. The molecule has 6 heteroatoms. The molecule has 0 spiro atoms. The van der Waals surface area contributed by atoms with Crippen LogP contribution in [0.5, 0.6) is 0 Å². The van der Waals surface area contributed by atoms with E-state index in [4.69, 9.17) is 14.2 Å². The number of carbonyl (C=O) groups excluding carboxylic acids is 3. The molecule has 0 saturated carbocycles. The number of unbranched alkanes of at least 4 members (excludes halogenated alkanes) is 29. The summed E-state index contributed by atoms with van der Waals surface area (Å²) < 4.78 is 16.8. The van der Waals surface area contributed by atoms with E-state index in [0.717, 1.165) is 77.0 Å². The van der Waals surface area contributed by atoms with Crippen molar-refractivity contribution in [2.45, 2.75) is 277 Å². The lowest BCUT2D eigenvalue weighted by Gasteiger charge is -2.18. The van der Waals surface area contributed by atoms with E-state index in [1.54, 1.807) is 0 Å². The van der Waals surface area contributed by atoms with Crippen molar-refractivity contribution in [3.05, 3.63) is 48.6 Å². The number of ether oxygens (including phenoxy) is 3. The number of hydrogen-bond donors (Lipinski definition) is 0. The fourth-order valence-electron chi connectivity index (χ4n) is 7.45. The Hall–Kier alpha value is -2.63. The fraction of sp³-hybridized carbons (Fsp3) is 0.804. The molecule has 62 heavy (non-hydrogen) atoms. The molecule has 0 bridgehead atoms. The fourth-order valence-corrected chi connectivity index (χ4v) is 7.45. The number of esters is 3. The quantitative estimate of drug-likeness (QED) is 0.0262. The molecule has 0 N–H and O–H groups in total. The summed E-state index contributed by atoms with van der Waals surface area (Å²) in [6, 6.07) is 0. The maximum absolute atomic E-state index is 12.8. The van der Waals surface area contributed by atoms with Crippen LogP contribution in [0, 0.1) is 0 Å². The van der Waals surface area contributed by atoms with E-state index in [2.05, 4.69) is 69.4 Å². The predicted molar refractivity (Wildman–Crippen MR) is 265 cm³/mol. The SMILES string of the molecule is CCCC/C=C/C/C=C/CCCCCCCC(=O)OC[C@H](COC(=O)CCCCCCCCC/C=C/CCCCCC)OC(=O)CCCCCCCCC/C=C/CCCCCC. The highest BCUT2D eigenvalue weighted by Gasteiger charge is 2.19. The van der Waals surface area contributed by atoms with Crippen LogP contribution in [0.4, 0.5) is 0 Å². The van der Waals surface area contributed by atoms with Crippen LogP contribution in [0.3, 0.4) is 0 Å². The Morgan fingerprint density at radius 1 is 0.323 bits per heavy atom. The van der Waals surface area contributed by atoms with Crippen molar-refractivity contribution in [3.8, 4) is 0 Å². The molecule has 1 atom stereocenters. The molecule has 0 aromatic heterocycles. The van der Waals surface area contributed by atoms with Crippen molar-refractivity contribution in [1.29, 1.82) is 0 Å². The van der Waals surface area contributed by atoms with Crippen molar-refractivity contribution in [2.75, 3.05) is 13.2 Å². The first-order chi connectivity index (χ1) is 30.5. The second-order valence-corrected chi connectivity index (χ2v) is 17.8. The van der Waals surface area contributed by atoms with Gasteiger partial charge in [-0.15, -0.1) is 0 Å². The lowest BCUT2D eigenvalue weighted by molar-refractivity contribution is -0.167. The van der Waals surface area contributed by atoms with Crippen molar-refractivity contribution >= 4 is 17.9 Å². The molecule has 0 heterocycles. The number of hydrogen-bond acceptors (Lipinski definition) is 6. The first kappa shape index (κ1) is 59.4. The third-order valence-corrected chi connectivity index (χ3v) is 11.5. The highest BCUT2D eigenvalue weighted by atomic mass is 16.6. The van der Waals surface area contributed by atoms with Gasteiger partial charge >= 0.3 is 17.9 Å². The van der Waals surface area contributed by atoms with Crippen LogP contribution in [-0.4, -0.2) is 37.2 Å². The molecule has 0 aromatic carbocycles. The van der Waals surface area contributed by atoms with E-state index in [1.165, 1.54) is 154 Å². The van der Waals surface area contributed by atoms with E-state index in [0.29, 0.717) is 19.3 Å². The van der Waals surface area contributed by atoms with Crippen molar-refractivity contribution in [1.82, 2.24) is 0 Å². The van der Waals surface area contributed by atoms with E-state index in [9.17, 15) is 14.4 Å². The zero-order chi connectivity index (χ0) is 45.1. The average molecular weight is 869 g/mol. The highest BCUT2D eigenvalue weighted by Crippen LogP contribution is 2.15. The predicted octanol–water partition coefficient (Wildman–Crippen LogP) is 17.5. The topological polar surface area (TPSA) is 78.9 Å². The van der Waals surface area contributed by atoms with Gasteiger partial charge in [0.15, 0.2) is 6.10 Å². The molecule has 360 valence electrons. The summed E-state index contributed by atoms with van der Waals surface area (Å²) in [5.41, 5.74) is 0. The van der Waals surface area contributed by atoms with Crippen LogP contribution in [0.2, 0.25) is 0 Å². The van der Waals surface area contributed by atoms with E-state index in [1.807, 2.05) is 0 Å². The normalized spacial score (nSPS) is 12.4. The summed E-state index contributed by atoms with van der Waals surface area (Å²) in [4.78, 5) is 38.0. The van der Waals surface area contributed by atoms with Gasteiger partial charge in [-0.25, -0.2) is 0 Å². The lowest BCUT2D eigenvalue weighted by atomic mass is 10.1. The van der Waals surface area contributed by atoms with E-state index in [-0.39, 0.29) is 31.1 Å². The van der Waals surface area contributed by atoms with Crippen LogP contribution in [0.1, 0.15) is 271 Å². The van der Waals surface area contributed by atoms with Crippen molar-refractivity contribution in [2.24, 2.45) is 0 Å². The van der Waals surface area contributed by atoms with Gasteiger partial charge in [-0.2, -0.15) is 0 Å². The van der Waals surface area contributed by atoms with Gasteiger partial charge < -0.3 is 14.2 Å². The second-order valence-electron chi connectivity index (χ2n) is 17.8. The molecule has 0 amide bonds. The van der Waals surface area contributed by atoms with Crippen LogP contribution < -0.4 is 0 Å². The number of rotatable bonds is 48. The summed E-state index contributed by atoms with van der Waals surface area (Å²) in [6.45, 7) is 6.57. The Bertz CT molecular complexity index is 1090. The summed E-state index contributed by atoms with van der Waals surface area (Å²) in [5.74, 6) is -0.896. The Balaban J connectivity index is 4.40. The Morgan fingerprint density at radius 3 is 0.952 bits per heavy atom. The highest BCUT2D eigenvalue weighted by molar-refractivity contribution is 5.71. The van der Waals surface area contributed by atoms with E-state index < -0.39 is 6.10 Å². The maximum Gasteiger partial charge on any atom is 0.306 e. The molecular weight excluding hydrogens is 769 g/mol. The smallest absolute Gasteiger partial charge is 0.306 e. The molecule has 0 aliphatic carbocycles. The molecule has 0 saturated heterocycles. The number of allylic oxidation sites excluding steroid dienone is 8. The summed E-state index contributed by atoms with van der Waals surface area (Å²) in [5, 5.41) is 0. The van der Waals surface area contributed by atoms with Gasteiger partial charge in [-0.05, 0) is 96.3 Å². The maximum atomic E-state index is 12.8. The summed E-state index contributed by atoms with van der Waals surface area (Å²) in [6.07, 6.45) is 60.8. The zero-order valence-corrected chi connectivity index (χ0v) is 41.1. The summed E-state index contributed by atoms with van der Waals surface area (Å²) in [7, 11) is 0.